The van der Waals surface area contributed by atoms with Crippen molar-refractivity contribution in [2.24, 2.45) is 0 Å². The van der Waals surface area contributed by atoms with Crippen molar-refractivity contribution < 1.29 is 14.1 Å². The molecule has 7 heteroatoms. The lowest BCUT2D eigenvalue weighted by Gasteiger charge is -2.39. The number of nitrogens with zero attached hydrogens (tertiary/aromatic N) is 4. The topological polar surface area (TPSA) is 69.9 Å². The van der Waals surface area contributed by atoms with Gasteiger partial charge in [0.1, 0.15) is 6.04 Å². The Kier molecular flexibility index (Phi) is 5.67. The largest absolute Gasteiger partial charge is 0.355 e. The Morgan fingerprint density at radius 3 is 2.48 bits per heavy atom. The molecular formula is C22H28N4O3. The van der Waals surface area contributed by atoms with Crippen molar-refractivity contribution in [1.29, 1.82) is 0 Å². The number of aryl methyl sites for hydroxylation is 1. The first-order valence-electron chi connectivity index (χ1n) is 10.3. The summed E-state index contributed by atoms with van der Waals surface area (Å²) >= 11 is 0. The Morgan fingerprint density at radius 2 is 1.76 bits per heavy atom. The Hall–Kier alpha value is -2.67. The molecular weight excluding hydrogens is 368 g/mol. The van der Waals surface area contributed by atoms with Crippen molar-refractivity contribution in [2.45, 2.75) is 32.2 Å². The van der Waals surface area contributed by atoms with Gasteiger partial charge in [0.2, 0.25) is 5.91 Å². The summed E-state index contributed by atoms with van der Waals surface area (Å²) in [5.74, 6) is 0.403. The number of likely N-dealkylation sites (tertiary alicyclic amines) is 1. The number of carbonyl (C=O) groups excluding carboxylic acids is 2. The van der Waals surface area contributed by atoms with Gasteiger partial charge in [0.05, 0.1) is 0 Å². The van der Waals surface area contributed by atoms with Crippen LogP contribution in [-0.2, 0) is 4.79 Å². The van der Waals surface area contributed by atoms with Crippen LogP contribution in [0.25, 0.3) is 11.3 Å². The zero-order valence-electron chi connectivity index (χ0n) is 17.1. The summed E-state index contributed by atoms with van der Waals surface area (Å²) in [7, 11) is 2.06. The van der Waals surface area contributed by atoms with Crippen molar-refractivity contribution in [3.63, 3.8) is 0 Å². The first-order valence-corrected chi connectivity index (χ1v) is 10.3. The number of carbonyl (C=O) groups is 2. The maximum atomic E-state index is 13.2. The third kappa shape index (κ3) is 4.19. The van der Waals surface area contributed by atoms with Gasteiger partial charge in [0, 0.05) is 44.4 Å². The monoisotopic (exact) mass is 396 g/mol. The molecule has 1 aromatic heterocycles. The van der Waals surface area contributed by atoms with Crippen LogP contribution < -0.4 is 0 Å². The van der Waals surface area contributed by atoms with Crippen molar-refractivity contribution >= 4 is 11.8 Å². The van der Waals surface area contributed by atoms with Crippen LogP contribution in [0.5, 0.6) is 0 Å². The molecule has 2 amide bonds. The Morgan fingerprint density at radius 1 is 1.03 bits per heavy atom. The lowest BCUT2D eigenvalue weighted by atomic mass is 9.99. The summed E-state index contributed by atoms with van der Waals surface area (Å²) in [6.45, 7) is 5.78. The highest BCUT2D eigenvalue weighted by Gasteiger charge is 2.36. The van der Waals surface area contributed by atoms with Gasteiger partial charge in [0.25, 0.3) is 5.91 Å². The molecule has 154 valence electrons. The number of piperazine rings is 1. The minimum Gasteiger partial charge on any atom is -0.355 e. The van der Waals surface area contributed by atoms with Gasteiger partial charge in [-0.2, -0.15) is 0 Å². The minimum absolute atomic E-state index is 0.0633. The normalized spacial score (nSPS) is 20.7. The number of piperidine rings is 1. The molecule has 2 saturated heterocycles. The molecule has 3 heterocycles. The van der Waals surface area contributed by atoms with Gasteiger partial charge < -0.3 is 19.2 Å². The summed E-state index contributed by atoms with van der Waals surface area (Å²) in [6.07, 6.45) is 2.57. The van der Waals surface area contributed by atoms with E-state index in [-0.39, 0.29) is 17.5 Å². The van der Waals surface area contributed by atoms with Crippen LogP contribution in [0.1, 0.15) is 35.3 Å². The van der Waals surface area contributed by atoms with Crippen LogP contribution in [0.15, 0.2) is 34.9 Å². The lowest BCUT2D eigenvalue weighted by molar-refractivity contribution is -0.138. The van der Waals surface area contributed by atoms with Gasteiger partial charge in [-0.15, -0.1) is 0 Å². The molecule has 7 nitrogen and oxygen atoms in total. The van der Waals surface area contributed by atoms with Crippen molar-refractivity contribution in [1.82, 2.24) is 19.9 Å². The van der Waals surface area contributed by atoms with Crippen LogP contribution in [0.3, 0.4) is 0 Å². The molecule has 2 aliphatic rings. The standard InChI is InChI=1S/C22H28N4O3/c1-16-6-8-17(9-7-16)20-15-18(23-29-20)21(27)26-10-4-3-5-19(26)22(28)25-13-11-24(2)12-14-25/h6-9,15,19H,3-5,10-14H2,1-2H3/t19-/m1/s1. The van der Waals surface area contributed by atoms with E-state index in [9.17, 15) is 9.59 Å². The zero-order valence-corrected chi connectivity index (χ0v) is 17.1. The van der Waals surface area contributed by atoms with Gasteiger partial charge in [-0.05, 0) is 33.2 Å². The van der Waals surface area contributed by atoms with Crippen LogP contribution in [-0.4, -0.2) is 77.5 Å². The third-order valence-corrected chi connectivity index (χ3v) is 5.93. The smallest absolute Gasteiger partial charge is 0.276 e. The van der Waals surface area contributed by atoms with Gasteiger partial charge in [-0.25, -0.2) is 0 Å². The first kappa shape index (κ1) is 19.6. The lowest BCUT2D eigenvalue weighted by Crippen LogP contribution is -2.56. The number of hydrogen-bond acceptors (Lipinski definition) is 5. The zero-order chi connectivity index (χ0) is 20.4. The van der Waals surface area contributed by atoms with Crippen molar-refractivity contribution in [3.8, 4) is 11.3 Å². The quantitative estimate of drug-likeness (QED) is 0.797. The second-order valence-corrected chi connectivity index (χ2v) is 8.08. The van der Waals surface area contributed by atoms with Crippen LogP contribution in [0.2, 0.25) is 0 Å². The third-order valence-electron chi connectivity index (χ3n) is 5.93. The van der Waals surface area contributed by atoms with Gasteiger partial charge in [-0.1, -0.05) is 35.0 Å². The number of hydrogen-bond donors (Lipinski definition) is 0. The Labute approximate surface area is 171 Å². The fraction of sp³-hybridized carbons (Fsp3) is 0.500. The predicted molar refractivity (Wildman–Crippen MR) is 109 cm³/mol. The number of aromatic nitrogens is 1. The molecule has 2 aromatic rings. The van der Waals surface area contributed by atoms with Crippen molar-refractivity contribution in [2.75, 3.05) is 39.8 Å². The molecule has 0 radical (unpaired) electrons. The van der Waals surface area contributed by atoms with Crippen molar-refractivity contribution in [3.05, 3.63) is 41.6 Å². The Bertz CT molecular complexity index is 868. The summed E-state index contributed by atoms with van der Waals surface area (Å²) in [6, 6.07) is 9.16. The van der Waals surface area contributed by atoms with Crippen LogP contribution in [0, 0.1) is 6.92 Å². The van der Waals surface area contributed by atoms with Gasteiger partial charge >= 0.3 is 0 Å². The highest BCUT2D eigenvalue weighted by atomic mass is 16.5. The van der Waals surface area contributed by atoms with E-state index in [0.717, 1.165) is 50.1 Å². The molecule has 0 unspecified atom stereocenters. The molecule has 1 aromatic carbocycles. The maximum absolute atomic E-state index is 13.2. The molecule has 2 fully saturated rings. The SMILES string of the molecule is Cc1ccc(-c2cc(C(=O)N3CCCC[C@@H]3C(=O)N3CCN(C)CC3)no2)cc1. The molecule has 1 atom stereocenters. The molecule has 29 heavy (non-hydrogen) atoms. The average molecular weight is 396 g/mol. The first-order chi connectivity index (χ1) is 14.0. The summed E-state index contributed by atoms with van der Waals surface area (Å²) < 4.78 is 5.43. The fourth-order valence-electron chi connectivity index (χ4n) is 4.05. The Balaban J connectivity index is 1.50. The minimum atomic E-state index is -0.404. The molecule has 0 bridgehead atoms. The highest BCUT2D eigenvalue weighted by molar-refractivity contribution is 5.97. The molecule has 4 rings (SSSR count). The van der Waals surface area contributed by atoms with E-state index >= 15 is 0 Å². The van der Waals surface area contributed by atoms with E-state index in [2.05, 4.69) is 17.1 Å². The van der Waals surface area contributed by atoms with Gasteiger partial charge in [-0.3, -0.25) is 9.59 Å². The van der Waals surface area contributed by atoms with E-state index in [1.54, 1.807) is 11.0 Å². The van der Waals surface area contributed by atoms with E-state index in [1.165, 1.54) is 0 Å². The van der Waals surface area contributed by atoms with E-state index in [1.807, 2.05) is 36.1 Å². The second-order valence-electron chi connectivity index (χ2n) is 8.08. The van der Waals surface area contributed by atoms with Crippen LogP contribution in [0.4, 0.5) is 0 Å². The molecule has 0 spiro atoms. The number of likely N-dealkylation sites (N-methyl/N-ethyl adjacent to an activating group) is 1. The molecule has 0 aliphatic carbocycles. The predicted octanol–water partition coefficient (Wildman–Crippen LogP) is 2.42. The summed E-state index contributed by atoms with van der Waals surface area (Å²) in [5, 5.41) is 4.01. The number of amides is 2. The van der Waals surface area contributed by atoms with E-state index < -0.39 is 6.04 Å². The van der Waals surface area contributed by atoms with E-state index in [4.69, 9.17) is 4.52 Å². The summed E-state index contributed by atoms with van der Waals surface area (Å²) in [4.78, 5) is 32.1. The van der Waals surface area contributed by atoms with E-state index in [0.29, 0.717) is 18.7 Å². The number of benzene rings is 1. The van der Waals surface area contributed by atoms with Gasteiger partial charge in [0.15, 0.2) is 11.5 Å². The highest BCUT2D eigenvalue weighted by Crippen LogP contribution is 2.25. The summed E-state index contributed by atoms with van der Waals surface area (Å²) in [5.41, 5.74) is 2.30. The molecule has 2 aliphatic heterocycles. The van der Waals surface area contributed by atoms with Crippen LogP contribution >= 0.6 is 0 Å². The number of rotatable bonds is 3. The average Bonchev–Trinajstić information content (AvgIpc) is 3.24. The molecule has 0 saturated carbocycles. The molecule has 0 N–H and O–H groups in total. The fourth-order valence-corrected chi connectivity index (χ4v) is 4.05. The maximum Gasteiger partial charge on any atom is 0.276 e. The second kappa shape index (κ2) is 8.37.